The van der Waals surface area contributed by atoms with Crippen molar-refractivity contribution in [2.45, 2.75) is 32.7 Å². The summed E-state index contributed by atoms with van der Waals surface area (Å²) in [6.45, 7) is 4.14. The minimum atomic E-state index is -0.982. The number of anilines is 1. The van der Waals surface area contributed by atoms with Gasteiger partial charge >= 0.3 is 5.97 Å². The molecule has 6 heteroatoms. The van der Waals surface area contributed by atoms with Crippen LogP contribution in [-0.4, -0.2) is 31.9 Å². The maximum Gasteiger partial charge on any atom is 0.339 e. The van der Waals surface area contributed by atoms with E-state index in [4.69, 9.17) is 0 Å². The van der Waals surface area contributed by atoms with Crippen molar-refractivity contribution in [1.29, 1.82) is 0 Å². The summed E-state index contributed by atoms with van der Waals surface area (Å²) in [4.78, 5) is 15.5. The van der Waals surface area contributed by atoms with Crippen molar-refractivity contribution in [2.75, 3.05) is 5.32 Å². The van der Waals surface area contributed by atoms with Crippen LogP contribution in [0, 0.1) is 0 Å². The van der Waals surface area contributed by atoms with Gasteiger partial charge in [-0.2, -0.15) is 5.10 Å². The van der Waals surface area contributed by atoms with Gasteiger partial charge in [0.05, 0.1) is 17.3 Å². The number of aryl methyl sites for hydroxylation is 1. The van der Waals surface area contributed by atoms with Crippen molar-refractivity contribution in [2.24, 2.45) is 7.05 Å². The Bertz CT molecular complexity index is 606. The highest BCUT2D eigenvalue weighted by Crippen LogP contribution is 2.26. The number of nitrogens with zero attached hydrogens (tertiary/aromatic N) is 3. The molecule has 0 saturated carbocycles. The van der Waals surface area contributed by atoms with Gasteiger partial charge in [-0.1, -0.05) is 13.3 Å². The number of fused-ring (bicyclic) bond motifs is 1. The topological polar surface area (TPSA) is 80.0 Å². The first-order valence-corrected chi connectivity index (χ1v) is 6.35. The summed E-state index contributed by atoms with van der Waals surface area (Å²) in [6, 6.07) is 0.203. The van der Waals surface area contributed by atoms with E-state index in [0.29, 0.717) is 11.3 Å². The van der Waals surface area contributed by atoms with E-state index >= 15 is 0 Å². The second-order valence-electron chi connectivity index (χ2n) is 4.69. The van der Waals surface area contributed by atoms with Crippen molar-refractivity contribution >= 4 is 22.7 Å². The van der Waals surface area contributed by atoms with Gasteiger partial charge in [0.25, 0.3) is 0 Å². The van der Waals surface area contributed by atoms with Gasteiger partial charge in [0.15, 0.2) is 5.65 Å². The quantitative estimate of drug-likeness (QED) is 0.864. The smallest absolute Gasteiger partial charge is 0.339 e. The average Bonchev–Trinajstić information content (AvgIpc) is 2.72. The van der Waals surface area contributed by atoms with Crippen LogP contribution >= 0.6 is 0 Å². The van der Waals surface area contributed by atoms with Crippen molar-refractivity contribution < 1.29 is 9.90 Å². The summed E-state index contributed by atoms with van der Waals surface area (Å²) in [7, 11) is 1.79. The van der Waals surface area contributed by atoms with Crippen LogP contribution in [0.1, 0.15) is 37.0 Å². The number of carbonyl (C=O) groups is 1. The van der Waals surface area contributed by atoms with E-state index in [0.717, 1.165) is 18.2 Å². The summed E-state index contributed by atoms with van der Waals surface area (Å²) >= 11 is 0. The van der Waals surface area contributed by atoms with Crippen LogP contribution in [0.3, 0.4) is 0 Å². The third-order valence-electron chi connectivity index (χ3n) is 3.10. The highest BCUT2D eigenvalue weighted by atomic mass is 16.4. The van der Waals surface area contributed by atoms with Crippen molar-refractivity contribution in [1.82, 2.24) is 14.8 Å². The molecule has 0 fully saturated rings. The first-order chi connectivity index (χ1) is 9.04. The SMILES string of the molecule is CCCC(C)Nc1c(C(=O)O)cnc2c1cnn2C. The molecule has 2 heterocycles. The maximum absolute atomic E-state index is 11.3. The molecule has 2 N–H and O–H groups in total. The van der Waals surface area contributed by atoms with Crippen LogP contribution in [0.4, 0.5) is 5.69 Å². The number of pyridine rings is 1. The molecule has 1 atom stereocenters. The Labute approximate surface area is 111 Å². The normalized spacial score (nSPS) is 12.6. The van der Waals surface area contributed by atoms with Gasteiger partial charge in [-0.05, 0) is 13.3 Å². The lowest BCUT2D eigenvalue weighted by molar-refractivity contribution is 0.0697. The largest absolute Gasteiger partial charge is 0.478 e. The molecule has 1 unspecified atom stereocenters. The molecule has 2 rings (SSSR count). The second-order valence-corrected chi connectivity index (χ2v) is 4.69. The van der Waals surface area contributed by atoms with E-state index in [9.17, 15) is 9.90 Å². The molecule has 19 heavy (non-hydrogen) atoms. The molecule has 0 saturated heterocycles. The van der Waals surface area contributed by atoms with E-state index in [1.165, 1.54) is 6.20 Å². The number of carboxylic acids is 1. The molecule has 0 aromatic carbocycles. The number of rotatable bonds is 5. The van der Waals surface area contributed by atoms with Crippen LogP contribution in [0.5, 0.6) is 0 Å². The van der Waals surface area contributed by atoms with Crippen molar-refractivity contribution in [3.63, 3.8) is 0 Å². The fourth-order valence-electron chi connectivity index (χ4n) is 2.17. The highest BCUT2D eigenvalue weighted by molar-refractivity contribution is 6.03. The summed E-state index contributed by atoms with van der Waals surface area (Å²) in [5.74, 6) is -0.982. The van der Waals surface area contributed by atoms with Crippen molar-refractivity contribution in [3.8, 4) is 0 Å². The van der Waals surface area contributed by atoms with Crippen LogP contribution in [-0.2, 0) is 7.05 Å². The average molecular weight is 262 g/mol. The van der Waals surface area contributed by atoms with E-state index in [-0.39, 0.29) is 11.6 Å². The summed E-state index contributed by atoms with van der Waals surface area (Å²) < 4.78 is 1.64. The zero-order valence-electron chi connectivity index (χ0n) is 11.3. The molecule has 0 aliphatic rings. The fraction of sp³-hybridized carbons (Fsp3) is 0.462. The Kier molecular flexibility index (Phi) is 3.69. The molecule has 0 radical (unpaired) electrons. The summed E-state index contributed by atoms with van der Waals surface area (Å²) in [5, 5.41) is 17.4. The predicted molar refractivity (Wildman–Crippen MR) is 73.5 cm³/mol. The van der Waals surface area contributed by atoms with Gasteiger partial charge in [0, 0.05) is 19.3 Å². The molecule has 2 aromatic heterocycles. The zero-order valence-corrected chi connectivity index (χ0v) is 11.3. The molecule has 2 aromatic rings. The van der Waals surface area contributed by atoms with Crippen LogP contribution in [0.15, 0.2) is 12.4 Å². The molecular formula is C13H18N4O2. The third kappa shape index (κ3) is 2.52. The van der Waals surface area contributed by atoms with E-state index in [1.807, 2.05) is 6.92 Å². The predicted octanol–water partition coefficient (Wildman–Crippen LogP) is 2.27. The van der Waals surface area contributed by atoms with E-state index < -0.39 is 5.97 Å². The zero-order chi connectivity index (χ0) is 14.0. The second kappa shape index (κ2) is 5.26. The number of hydrogen-bond acceptors (Lipinski definition) is 4. The number of carboxylic acid groups (broad SMARTS) is 1. The Hall–Kier alpha value is -2.11. The first kappa shape index (κ1) is 13.3. The fourth-order valence-corrected chi connectivity index (χ4v) is 2.17. The standard InChI is InChI=1S/C13H18N4O2/c1-4-5-8(2)16-11-9-7-15-17(3)12(9)14-6-10(11)13(18)19/h6-8H,4-5H2,1-3H3,(H,14,16)(H,18,19). The number of hydrogen-bond donors (Lipinski definition) is 2. The number of aromatic nitrogens is 3. The minimum Gasteiger partial charge on any atom is -0.478 e. The van der Waals surface area contributed by atoms with Crippen LogP contribution in [0.2, 0.25) is 0 Å². The molecule has 0 amide bonds. The molecule has 6 nitrogen and oxygen atoms in total. The van der Waals surface area contributed by atoms with Gasteiger partial charge in [0.1, 0.15) is 5.56 Å². The third-order valence-corrected chi connectivity index (χ3v) is 3.10. The molecule has 102 valence electrons. The lowest BCUT2D eigenvalue weighted by Gasteiger charge is -2.16. The molecule has 0 bridgehead atoms. The highest BCUT2D eigenvalue weighted by Gasteiger charge is 2.18. The minimum absolute atomic E-state index is 0.184. The molecule has 0 aliphatic carbocycles. The molecular weight excluding hydrogens is 244 g/mol. The van der Waals surface area contributed by atoms with Crippen molar-refractivity contribution in [3.05, 3.63) is 18.0 Å². The lowest BCUT2D eigenvalue weighted by Crippen LogP contribution is -2.17. The van der Waals surface area contributed by atoms with E-state index in [2.05, 4.69) is 22.3 Å². The first-order valence-electron chi connectivity index (χ1n) is 6.35. The van der Waals surface area contributed by atoms with Gasteiger partial charge in [0.2, 0.25) is 0 Å². The van der Waals surface area contributed by atoms with Gasteiger partial charge in [-0.3, -0.25) is 4.68 Å². The Balaban J connectivity index is 2.52. The molecule has 0 spiro atoms. The Morgan fingerprint density at radius 3 is 2.89 bits per heavy atom. The lowest BCUT2D eigenvalue weighted by atomic mass is 10.1. The van der Waals surface area contributed by atoms with E-state index in [1.54, 1.807) is 17.9 Å². The molecule has 0 aliphatic heterocycles. The monoisotopic (exact) mass is 262 g/mol. The number of aromatic carboxylic acids is 1. The maximum atomic E-state index is 11.3. The van der Waals surface area contributed by atoms with Gasteiger partial charge < -0.3 is 10.4 Å². The Morgan fingerprint density at radius 1 is 1.53 bits per heavy atom. The summed E-state index contributed by atoms with van der Waals surface area (Å²) in [6.07, 6.45) is 5.05. The summed E-state index contributed by atoms with van der Waals surface area (Å²) in [5.41, 5.74) is 1.46. The van der Waals surface area contributed by atoms with Gasteiger partial charge in [-0.15, -0.1) is 0 Å². The Morgan fingerprint density at radius 2 is 2.26 bits per heavy atom. The van der Waals surface area contributed by atoms with Gasteiger partial charge in [-0.25, -0.2) is 9.78 Å². The van der Waals surface area contributed by atoms with Crippen LogP contribution < -0.4 is 5.32 Å². The van der Waals surface area contributed by atoms with Crippen LogP contribution in [0.25, 0.3) is 11.0 Å². The number of nitrogens with one attached hydrogen (secondary N) is 1.